The van der Waals surface area contributed by atoms with E-state index in [1.165, 1.54) is 11.8 Å². The molecule has 0 aliphatic rings. The van der Waals surface area contributed by atoms with Crippen LogP contribution in [0.4, 0.5) is 5.69 Å². The minimum absolute atomic E-state index is 0.0109. The van der Waals surface area contributed by atoms with Crippen LogP contribution < -0.4 is 11.1 Å². The van der Waals surface area contributed by atoms with Crippen molar-refractivity contribution in [1.82, 2.24) is 5.32 Å². The summed E-state index contributed by atoms with van der Waals surface area (Å²) in [5.74, 6) is 0.0109. The van der Waals surface area contributed by atoms with Gasteiger partial charge in [0.15, 0.2) is 0 Å². The lowest BCUT2D eigenvalue weighted by atomic mass is 10.2. The van der Waals surface area contributed by atoms with Gasteiger partial charge >= 0.3 is 0 Å². The summed E-state index contributed by atoms with van der Waals surface area (Å²) >= 11 is 1.52. The molecule has 3 nitrogen and oxygen atoms in total. The van der Waals surface area contributed by atoms with Crippen LogP contribution in [0.15, 0.2) is 35.7 Å². The molecule has 0 aliphatic carbocycles. The summed E-state index contributed by atoms with van der Waals surface area (Å²) in [7, 11) is 0. The van der Waals surface area contributed by atoms with Crippen LogP contribution in [0.5, 0.6) is 0 Å². The van der Waals surface area contributed by atoms with Crippen molar-refractivity contribution >= 4 is 23.4 Å². The molecule has 0 aliphatic heterocycles. The average Bonchev–Trinajstić information content (AvgIpc) is 2.31. The van der Waals surface area contributed by atoms with Gasteiger partial charge in [0.05, 0.1) is 5.25 Å². The molecule has 1 atom stereocenters. The van der Waals surface area contributed by atoms with E-state index in [1.54, 1.807) is 6.08 Å². The summed E-state index contributed by atoms with van der Waals surface area (Å²) in [4.78, 5) is 12.7. The van der Waals surface area contributed by atoms with E-state index in [9.17, 15) is 4.79 Å². The first-order valence-corrected chi connectivity index (χ1v) is 6.34. The highest BCUT2D eigenvalue weighted by Gasteiger charge is 2.14. The average molecular weight is 250 g/mol. The van der Waals surface area contributed by atoms with Gasteiger partial charge < -0.3 is 11.1 Å². The number of anilines is 1. The van der Waals surface area contributed by atoms with Crippen LogP contribution in [0.1, 0.15) is 12.5 Å². The van der Waals surface area contributed by atoms with Gasteiger partial charge in [-0.15, -0.1) is 18.3 Å². The molecule has 1 amide bonds. The van der Waals surface area contributed by atoms with Crippen molar-refractivity contribution in [2.24, 2.45) is 0 Å². The number of hydrogen-bond acceptors (Lipinski definition) is 3. The van der Waals surface area contributed by atoms with Gasteiger partial charge in [-0.2, -0.15) is 0 Å². The third-order valence-corrected chi connectivity index (χ3v) is 3.68. The minimum atomic E-state index is -0.143. The second-order valence-electron chi connectivity index (χ2n) is 3.76. The van der Waals surface area contributed by atoms with Crippen molar-refractivity contribution in [3.05, 3.63) is 36.4 Å². The first-order valence-electron chi connectivity index (χ1n) is 5.46. The molecular formula is C13H18N2OS. The number of rotatable bonds is 5. The quantitative estimate of drug-likeness (QED) is 0.479. The van der Waals surface area contributed by atoms with Crippen LogP contribution in [-0.2, 0) is 4.79 Å². The molecule has 1 aromatic carbocycles. The minimum Gasteiger partial charge on any atom is -0.398 e. The second kappa shape index (κ2) is 6.35. The predicted octanol–water partition coefficient (Wildman–Crippen LogP) is 2.36. The zero-order valence-corrected chi connectivity index (χ0v) is 11.0. The van der Waals surface area contributed by atoms with Gasteiger partial charge in [0.1, 0.15) is 0 Å². The van der Waals surface area contributed by atoms with Gasteiger partial charge in [-0.25, -0.2) is 0 Å². The Bertz CT molecular complexity index is 418. The lowest BCUT2D eigenvalue weighted by molar-refractivity contribution is -0.120. The monoisotopic (exact) mass is 250 g/mol. The molecule has 0 saturated carbocycles. The number of thioether (sulfide) groups is 1. The van der Waals surface area contributed by atoms with Crippen molar-refractivity contribution in [2.75, 3.05) is 12.3 Å². The van der Waals surface area contributed by atoms with Gasteiger partial charge in [-0.3, -0.25) is 4.79 Å². The lowest BCUT2D eigenvalue weighted by Gasteiger charge is -2.13. The van der Waals surface area contributed by atoms with Gasteiger partial charge in [0, 0.05) is 17.1 Å². The van der Waals surface area contributed by atoms with Crippen LogP contribution in [-0.4, -0.2) is 17.7 Å². The van der Waals surface area contributed by atoms with E-state index in [1.807, 2.05) is 32.0 Å². The van der Waals surface area contributed by atoms with E-state index in [2.05, 4.69) is 11.9 Å². The van der Waals surface area contributed by atoms with Gasteiger partial charge in [0.25, 0.3) is 0 Å². The van der Waals surface area contributed by atoms with Crippen LogP contribution in [0.2, 0.25) is 0 Å². The highest BCUT2D eigenvalue weighted by molar-refractivity contribution is 8.00. The summed E-state index contributed by atoms with van der Waals surface area (Å²) in [6.45, 7) is 7.91. The topological polar surface area (TPSA) is 55.1 Å². The van der Waals surface area contributed by atoms with Gasteiger partial charge in [0.2, 0.25) is 5.91 Å². The van der Waals surface area contributed by atoms with E-state index < -0.39 is 0 Å². The van der Waals surface area contributed by atoms with Crippen molar-refractivity contribution in [3.8, 4) is 0 Å². The van der Waals surface area contributed by atoms with Crippen molar-refractivity contribution < 1.29 is 4.79 Å². The molecule has 1 aromatic rings. The fourth-order valence-electron chi connectivity index (χ4n) is 1.32. The molecule has 0 fully saturated rings. The molecule has 0 radical (unpaired) electrons. The first-order chi connectivity index (χ1) is 8.06. The number of hydrogen-bond donors (Lipinski definition) is 2. The Labute approximate surface area is 106 Å². The predicted molar refractivity (Wildman–Crippen MR) is 74.1 cm³/mol. The Kier molecular flexibility index (Phi) is 5.10. The fraction of sp³-hybridized carbons (Fsp3) is 0.308. The number of nitrogens with two attached hydrogens (primary N) is 1. The van der Waals surface area contributed by atoms with E-state index in [0.29, 0.717) is 6.54 Å². The maximum atomic E-state index is 11.7. The van der Waals surface area contributed by atoms with Crippen LogP contribution in [0, 0.1) is 6.92 Å². The van der Waals surface area contributed by atoms with E-state index in [4.69, 9.17) is 5.73 Å². The molecule has 92 valence electrons. The molecule has 0 heterocycles. The largest absolute Gasteiger partial charge is 0.398 e. The zero-order chi connectivity index (χ0) is 12.8. The smallest absolute Gasteiger partial charge is 0.233 e. The van der Waals surface area contributed by atoms with E-state index in [-0.39, 0.29) is 11.2 Å². The SMILES string of the molecule is C=CCNC(=O)C(C)Sc1cccc(N)c1C. The zero-order valence-electron chi connectivity index (χ0n) is 10.2. The highest BCUT2D eigenvalue weighted by atomic mass is 32.2. The lowest BCUT2D eigenvalue weighted by Crippen LogP contribution is -2.30. The Morgan fingerprint density at radius 1 is 1.65 bits per heavy atom. The summed E-state index contributed by atoms with van der Waals surface area (Å²) in [5, 5.41) is 2.63. The van der Waals surface area contributed by atoms with Crippen molar-refractivity contribution in [3.63, 3.8) is 0 Å². The van der Waals surface area contributed by atoms with Crippen LogP contribution in [0.3, 0.4) is 0 Å². The second-order valence-corrected chi connectivity index (χ2v) is 5.15. The number of carbonyl (C=O) groups is 1. The van der Waals surface area contributed by atoms with Crippen LogP contribution in [0.25, 0.3) is 0 Å². The van der Waals surface area contributed by atoms with Crippen molar-refractivity contribution in [2.45, 2.75) is 24.0 Å². The molecule has 0 saturated heterocycles. The third kappa shape index (κ3) is 3.82. The number of nitrogen functional groups attached to an aromatic ring is 1. The molecule has 1 rings (SSSR count). The number of nitrogens with one attached hydrogen (secondary N) is 1. The maximum absolute atomic E-state index is 11.7. The molecule has 17 heavy (non-hydrogen) atoms. The normalized spacial score (nSPS) is 11.9. The Morgan fingerprint density at radius 3 is 3.00 bits per heavy atom. The van der Waals surface area contributed by atoms with Gasteiger partial charge in [-0.05, 0) is 31.5 Å². The van der Waals surface area contributed by atoms with E-state index >= 15 is 0 Å². The van der Waals surface area contributed by atoms with E-state index in [0.717, 1.165) is 16.1 Å². The van der Waals surface area contributed by atoms with Crippen molar-refractivity contribution in [1.29, 1.82) is 0 Å². The van der Waals surface area contributed by atoms with Gasteiger partial charge in [-0.1, -0.05) is 12.1 Å². The Morgan fingerprint density at radius 2 is 2.35 bits per heavy atom. The molecule has 0 aromatic heterocycles. The summed E-state index contributed by atoms with van der Waals surface area (Å²) in [5.41, 5.74) is 7.61. The fourth-order valence-corrected chi connectivity index (χ4v) is 2.34. The first kappa shape index (κ1) is 13.6. The third-order valence-electron chi connectivity index (χ3n) is 2.42. The van der Waals surface area contributed by atoms with Crippen LogP contribution >= 0.6 is 11.8 Å². The molecule has 0 bridgehead atoms. The highest BCUT2D eigenvalue weighted by Crippen LogP contribution is 2.29. The summed E-state index contributed by atoms with van der Waals surface area (Å²) in [6.07, 6.45) is 1.67. The number of amides is 1. The Hall–Kier alpha value is -1.42. The molecule has 4 heteroatoms. The molecular weight excluding hydrogens is 232 g/mol. The molecule has 0 spiro atoms. The standard InChI is InChI=1S/C13H18N2OS/c1-4-8-15-13(16)10(3)17-12-7-5-6-11(14)9(12)2/h4-7,10H,1,8,14H2,2-3H3,(H,15,16). The maximum Gasteiger partial charge on any atom is 0.233 e. The summed E-state index contributed by atoms with van der Waals surface area (Å²) in [6, 6.07) is 5.74. The summed E-state index contributed by atoms with van der Waals surface area (Å²) < 4.78 is 0. The number of benzene rings is 1. The Balaban J connectivity index is 2.67. The number of carbonyl (C=O) groups excluding carboxylic acids is 1. The molecule has 1 unspecified atom stereocenters. The molecule has 3 N–H and O–H groups in total.